The number of carbonyl (C=O) groups is 2. The molecule has 8 heteroatoms. The van der Waals surface area contributed by atoms with E-state index in [-0.39, 0.29) is 17.8 Å². The fraction of sp³-hybridized carbons (Fsp3) is 0.333. The van der Waals surface area contributed by atoms with Crippen molar-refractivity contribution in [2.45, 2.75) is 12.5 Å². The number of hydrogen-bond acceptors (Lipinski definition) is 5. The number of hydrogen-bond donors (Lipinski definition) is 4. The highest BCUT2D eigenvalue weighted by molar-refractivity contribution is 5.91. The maximum atomic E-state index is 11.6. The Labute approximate surface area is 95.9 Å². The summed E-state index contributed by atoms with van der Waals surface area (Å²) < 4.78 is 0. The SMILES string of the molecule is Nc1n[nH]c(C(=O)NC2C=CC(C(=O)O)C2)n1. The van der Waals surface area contributed by atoms with Gasteiger partial charge < -0.3 is 16.2 Å². The summed E-state index contributed by atoms with van der Waals surface area (Å²) in [4.78, 5) is 26.0. The highest BCUT2D eigenvalue weighted by Crippen LogP contribution is 2.18. The van der Waals surface area contributed by atoms with Gasteiger partial charge in [0.15, 0.2) is 0 Å². The minimum absolute atomic E-state index is 0.00896. The molecule has 2 rings (SSSR count). The van der Waals surface area contributed by atoms with E-state index in [2.05, 4.69) is 20.5 Å². The van der Waals surface area contributed by atoms with Crippen molar-refractivity contribution in [3.63, 3.8) is 0 Å². The summed E-state index contributed by atoms with van der Waals surface area (Å²) in [6, 6.07) is -0.310. The number of H-pyrrole nitrogens is 1. The van der Waals surface area contributed by atoms with Gasteiger partial charge in [0, 0.05) is 6.04 Å². The van der Waals surface area contributed by atoms with Crippen molar-refractivity contribution < 1.29 is 14.7 Å². The minimum atomic E-state index is -0.901. The number of nitrogens with two attached hydrogens (primary N) is 1. The highest BCUT2D eigenvalue weighted by Gasteiger charge is 2.26. The number of rotatable bonds is 3. The number of aromatic amines is 1. The van der Waals surface area contributed by atoms with Crippen molar-refractivity contribution in [2.75, 3.05) is 5.73 Å². The van der Waals surface area contributed by atoms with E-state index < -0.39 is 17.8 Å². The number of carboxylic acids is 1. The standard InChI is InChI=1S/C9H11N5O3/c10-9-12-6(13-14-9)7(15)11-5-2-1-4(3-5)8(16)17/h1-2,4-5H,3H2,(H,11,15)(H,16,17)(H3,10,12,13,14). The molecule has 0 saturated carbocycles. The van der Waals surface area contributed by atoms with E-state index in [1.807, 2.05) is 0 Å². The fourth-order valence-electron chi connectivity index (χ4n) is 1.60. The number of carbonyl (C=O) groups excluding carboxylic acids is 1. The first-order valence-corrected chi connectivity index (χ1v) is 4.96. The Hall–Kier alpha value is -2.38. The second-order valence-electron chi connectivity index (χ2n) is 3.69. The summed E-state index contributed by atoms with van der Waals surface area (Å²) in [5.74, 6) is -1.92. The molecular formula is C9H11N5O3. The summed E-state index contributed by atoms with van der Waals surface area (Å²) in [7, 11) is 0. The van der Waals surface area contributed by atoms with Gasteiger partial charge in [-0.15, -0.1) is 5.10 Å². The number of carboxylic acid groups (broad SMARTS) is 1. The molecule has 5 N–H and O–H groups in total. The molecule has 2 unspecified atom stereocenters. The number of nitrogens with zero attached hydrogens (tertiary/aromatic N) is 2. The third kappa shape index (κ3) is 2.41. The van der Waals surface area contributed by atoms with Gasteiger partial charge in [0.25, 0.3) is 5.91 Å². The molecule has 0 saturated heterocycles. The Kier molecular flexibility index (Phi) is 2.77. The first kappa shape index (κ1) is 11.1. The van der Waals surface area contributed by atoms with E-state index in [1.54, 1.807) is 12.2 Å². The van der Waals surface area contributed by atoms with Crippen LogP contribution in [0.5, 0.6) is 0 Å². The first-order chi connectivity index (χ1) is 8.06. The predicted molar refractivity (Wildman–Crippen MR) is 56.9 cm³/mol. The molecule has 0 aliphatic heterocycles. The summed E-state index contributed by atoms with van der Waals surface area (Å²) in [5, 5.41) is 17.3. The molecule has 0 bridgehead atoms. The second kappa shape index (κ2) is 4.24. The van der Waals surface area contributed by atoms with Gasteiger partial charge in [-0.25, -0.2) is 0 Å². The summed E-state index contributed by atoms with van der Waals surface area (Å²) in [6.07, 6.45) is 3.54. The molecule has 0 fully saturated rings. The predicted octanol–water partition coefficient (Wildman–Crippen LogP) is -0.854. The molecule has 1 aromatic rings. The number of aliphatic carboxylic acids is 1. The Morgan fingerprint density at radius 3 is 2.82 bits per heavy atom. The van der Waals surface area contributed by atoms with Gasteiger partial charge >= 0.3 is 5.97 Å². The number of anilines is 1. The van der Waals surface area contributed by atoms with Gasteiger partial charge in [-0.05, 0) is 6.42 Å². The van der Waals surface area contributed by atoms with Gasteiger partial charge in [-0.3, -0.25) is 14.7 Å². The molecule has 1 aromatic heterocycles. The van der Waals surface area contributed by atoms with Crippen LogP contribution in [0.25, 0.3) is 0 Å². The van der Waals surface area contributed by atoms with E-state index in [1.165, 1.54) is 0 Å². The van der Waals surface area contributed by atoms with Crippen LogP contribution in [0.1, 0.15) is 17.0 Å². The van der Waals surface area contributed by atoms with Crippen LogP contribution >= 0.6 is 0 Å². The lowest BCUT2D eigenvalue weighted by Crippen LogP contribution is -2.34. The van der Waals surface area contributed by atoms with E-state index in [0.29, 0.717) is 6.42 Å². The molecular weight excluding hydrogens is 226 g/mol. The maximum Gasteiger partial charge on any atom is 0.310 e. The van der Waals surface area contributed by atoms with Crippen LogP contribution in [0.15, 0.2) is 12.2 Å². The largest absolute Gasteiger partial charge is 0.481 e. The molecule has 1 amide bonds. The molecule has 0 spiro atoms. The Bertz CT molecular complexity index is 481. The van der Waals surface area contributed by atoms with Gasteiger partial charge in [0.05, 0.1) is 5.92 Å². The molecule has 8 nitrogen and oxygen atoms in total. The summed E-state index contributed by atoms with van der Waals surface area (Å²) >= 11 is 0. The van der Waals surface area contributed by atoms with E-state index in [9.17, 15) is 9.59 Å². The zero-order valence-electron chi connectivity index (χ0n) is 8.75. The Morgan fingerprint density at radius 1 is 1.53 bits per heavy atom. The first-order valence-electron chi connectivity index (χ1n) is 4.96. The third-order valence-corrected chi connectivity index (χ3v) is 2.44. The number of nitrogens with one attached hydrogen (secondary N) is 2. The number of nitrogen functional groups attached to an aromatic ring is 1. The van der Waals surface area contributed by atoms with Crippen molar-refractivity contribution in [1.82, 2.24) is 20.5 Å². The van der Waals surface area contributed by atoms with Gasteiger partial charge in [-0.2, -0.15) is 4.98 Å². The lowest BCUT2D eigenvalue weighted by atomic mass is 10.1. The third-order valence-electron chi connectivity index (χ3n) is 2.44. The van der Waals surface area contributed by atoms with Gasteiger partial charge in [-0.1, -0.05) is 12.2 Å². The van der Waals surface area contributed by atoms with Gasteiger partial charge in [0.2, 0.25) is 11.8 Å². The van der Waals surface area contributed by atoms with Crippen molar-refractivity contribution in [2.24, 2.45) is 5.92 Å². The van der Waals surface area contributed by atoms with E-state index >= 15 is 0 Å². The lowest BCUT2D eigenvalue weighted by molar-refractivity contribution is -0.140. The summed E-state index contributed by atoms with van der Waals surface area (Å²) in [6.45, 7) is 0. The van der Waals surface area contributed by atoms with Gasteiger partial charge in [0.1, 0.15) is 0 Å². The number of aromatic nitrogens is 3. The normalized spacial score (nSPS) is 22.6. The smallest absolute Gasteiger partial charge is 0.310 e. The van der Waals surface area contributed by atoms with Crippen molar-refractivity contribution >= 4 is 17.8 Å². The fourth-order valence-corrected chi connectivity index (χ4v) is 1.60. The molecule has 17 heavy (non-hydrogen) atoms. The van der Waals surface area contributed by atoms with Crippen molar-refractivity contribution in [3.8, 4) is 0 Å². The van der Waals surface area contributed by atoms with Crippen LogP contribution in [0.4, 0.5) is 5.95 Å². The quantitative estimate of drug-likeness (QED) is 0.506. The zero-order valence-corrected chi connectivity index (χ0v) is 8.75. The number of amides is 1. The highest BCUT2D eigenvalue weighted by atomic mass is 16.4. The molecule has 1 aliphatic rings. The monoisotopic (exact) mass is 237 g/mol. The lowest BCUT2D eigenvalue weighted by Gasteiger charge is -2.10. The van der Waals surface area contributed by atoms with Crippen LogP contribution in [0.2, 0.25) is 0 Å². The topological polar surface area (TPSA) is 134 Å². The summed E-state index contributed by atoms with van der Waals surface area (Å²) in [5.41, 5.74) is 5.26. The van der Waals surface area contributed by atoms with Crippen LogP contribution in [-0.4, -0.2) is 38.2 Å². The van der Waals surface area contributed by atoms with E-state index in [4.69, 9.17) is 10.8 Å². The van der Waals surface area contributed by atoms with Crippen molar-refractivity contribution in [3.05, 3.63) is 18.0 Å². The molecule has 2 atom stereocenters. The Morgan fingerprint density at radius 2 is 2.29 bits per heavy atom. The van der Waals surface area contributed by atoms with Crippen LogP contribution in [-0.2, 0) is 4.79 Å². The van der Waals surface area contributed by atoms with Crippen molar-refractivity contribution in [1.29, 1.82) is 0 Å². The molecule has 0 radical (unpaired) electrons. The second-order valence-corrected chi connectivity index (χ2v) is 3.69. The van der Waals surface area contributed by atoms with Crippen LogP contribution in [0.3, 0.4) is 0 Å². The average Bonchev–Trinajstić information content (AvgIpc) is 2.86. The average molecular weight is 237 g/mol. The van der Waals surface area contributed by atoms with Crippen LogP contribution < -0.4 is 11.1 Å². The molecule has 0 aromatic carbocycles. The molecule has 90 valence electrons. The zero-order chi connectivity index (χ0) is 12.4. The Balaban J connectivity index is 1.93. The minimum Gasteiger partial charge on any atom is -0.481 e. The van der Waals surface area contributed by atoms with Crippen LogP contribution in [0, 0.1) is 5.92 Å². The molecule has 1 heterocycles. The maximum absolute atomic E-state index is 11.6. The van der Waals surface area contributed by atoms with E-state index in [0.717, 1.165) is 0 Å². The molecule has 1 aliphatic carbocycles.